The number of carbonyl (C=O) groups is 2. The van der Waals surface area contributed by atoms with E-state index in [1.54, 1.807) is 14.0 Å². The molecule has 194 valence electrons. The van der Waals surface area contributed by atoms with Crippen LogP contribution in [0.1, 0.15) is 79.8 Å². The third-order valence-electron chi connectivity index (χ3n) is 7.49. The number of para-hydroxylation sites is 1. The largest absolute Gasteiger partial charge is 0.496 e. The van der Waals surface area contributed by atoms with E-state index in [0.29, 0.717) is 18.7 Å². The number of hydrogen-bond donors (Lipinski definition) is 0. The molecule has 2 aliphatic rings. The summed E-state index contributed by atoms with van der Waals surface area (Å²) in [5, 5.41) is 0. The fourth-order valence-corrected chi connectivity index (χ4v) is 5.49. The van der Waals surface area contributed by atoms with Crippen LogP contribution in [0.5, 0.6) is 5.75 Å². The van der Waals surface area contributed by atoms with Crippen LogP contribution in [0.2, 0.25) is 0 Å². The molecule has 2 aromatic rings. The lowest BCUT2D eigenvalue weighted by Crippen LogP contribution is -2.35. The van der Waals surface area contributed by atoms with Gasteiger partial charge < -0.3 is 14.5 Å². The quantitative estimate of drug-likeness (QED) is 0.555. The molecule has 0 aromatic heterocycles. The van der Waals surface area contributed by atoms with Crippen molar-refractivity contribution in [2.45, 2.75) is 71.4 Å². The maximum absolute atomic E-state index is 13.9. The number of anilines is 1. The lowest BCUT2D eigenvalue weighted by atomic mass is 10.0. The summed E-state index contributed by atoms with van der Waals surface area (Å²) in [4.78, 5) is 32.7. The molecular weight excluding hydrogens is 450 g/mol. The maximum atomic E-state index is 13.9. The third-order valence-corrected chi connectivity index (χ3v) is 7.49. The standard InChI is InChI=1S/C30H41N3O3/c1-24(34)33-20-12-5-3-4-11-19-32(23-26-13-7-8-14-28(26)33)30(35)25-15-16-29(36-2)27(21-25)22-31-17-9-6-10-18-31/h7-8,13-16,21H,3-6,9-12,17-20,22-23H2,1-2H3. The number of ether oxygens (including phenoxy) is 1. The average molecular weight is 492 g/mol. The van der Waals surface area contributed by atoms with Gasteiger partial charge in [0.05, 0.1) is 7.11 Å². The van der Waals surface area contributed by atoms with Gasteiger partial charge in [-0.1, -0.05) is 43.9 Å². The topological polar surface area (TPSA) is 53.1 Å². The van der Waals surface area contributed by atoms with Crippen LogP contribution in [0.25, 0.3) is 0 Å². The summed E-state index contributed by atoms with van der Waals surface area (Å²) in [5.41, 5.74) is 3.71. The van der Waals surface area contributed by atoms with Gasteiger partial charge in [0.1, 0.15) is 5.75 Å². The summed E-state index contributed by atoms with van der Waals surface area (Å²) >= 11 is 0. The van der Waals surface area contributed by atoms with Crippen LogP contribution in [0.15, 0.2) is 42.5 Å². The van der Waals surface area contributed by atoms with Crippen molar-refractivity contribution in [2.24, 2.45) is 0 Å². The number of likely N-dealkylation sites (tertiary alicyclic amines) is 1. The second-order valence-corrected chi connectivity index (χ2v) is 10.2. The number of benzene rings is 2. The molecule has 36 heavy (non-hydrogen) atoms. The molecule has 0 N–H and O–H groups in total. The second kappa shape index (κ2) is 12.9. The summed E-state index contributed by atoms with van der Waals surface area (Å²) < 4.78 is 5.65. The van der Waals surface area contributed by atoms with Gasteiger partial charge >= 0.3 is 0 Å². The maximum Gasteiger partial charge on any atom is 0.254 e. The molecule has 0 spiro atoms. The van der Waals surface area contributed by atoms with Crippen molar-refractivity contribution < 1.29 is 14.3 Å². The van der Waals surface area contributed by atoms with Gasteiger partial charge in [-0.05, 0) is 68.6 Å². The highest BCUT2D eigenvalue weighted by atomic mass is 16.5. The molecule has 1 fully saturated rings. The fourth-order valence-electron chi connectivity index (χ4n) is 5.49. The molecule has 2 amide bonds. The Balaban J connectivity index is 1.61. The lowest BCUT2D eigenvalue weighted by Gasteiger charge is -2.29. The summed E-state index contributed by atoms with van der Waals surface area (Å²) in [6, 6.07) is 13.9. The van der Waals surface area contributed by atoms with Crippen LogP contribution in [0, 0.1) is 0 Å². The van der Waals surface area contributed by atoms with Gasteiger partial charge in [0.15, 0.2) is 0 Å². The zero-order chi connectivity index (χ0) is 25.3. The third kappa shape index (κ3) is 6.67. The zero-order valence-corrected chi connectivity index (χ0v) is 22.0. The van der Waals surface area contributed by atoms with Crippen molar-refractivity contribution in [3.8, 4) is 5.75 Å². The van der Waals surface area contributed by atoms with Crippen LogP contribution in [0.3, 0.4) is 0 Å². The van der Waals surface area contributed by atoms with E-state index in [9.17, 15) is 9.59 Å². The molecule has 2 aliphatic heterocycles. The van der Waals surface area contributed by atoms with Gasteiger partial charge in [-0.25, -0.2) is 0 Å². The normalized spacial score (nSPS) is 18.1. The number of hydrogen-bond acceptors (Lipinski definition) is 4. The number of piperidine rings is 1. The molecule has 6 heteroatoms. The number of fused-ring (bicyclic) bond motifs is 1. The Morgan fingerprint density at radius 2 is 1.50 bits per heavy atom. The number of amides is 2. The van der Waals surface area contributed by atoms with Crippen molar-refractivity contribution in [2.75, 3.05) is 38.2 Å². The predicted molar refractivity (Wildman–Crippen MR) is 144 cm³/mol. The summed E-state index contributed by atoms with van der Waals surface area (Å²) in [6.07, 6.45) is 9.05. The first-order valence-corrected chi connectivity index (χ1v) is 13.6. The first kappa shape index (κ1) is 26.2. The van der Waals surface area contributed by atoms with Crippen LogP contribution in [-0.4, -0.2) is 54.9 Å². The monoisotopic (exact) mass is 491 g/mol. The zero-order valence-electron chi connectivity index (χ0n) is 22.0. The number of methoxy groups -OCH3 is 1. The smallest absolute Gasteiger partial charge is 0.254 e. The van der Waals surface area contributed by atoms with E-state index in [1.807, 2.05) is 52.3 Å². The minimum Gasteiger partial charge on any atom is -0.496 e. The van der Waals surface area contributed by atoms with Crippen molar-refractivity contribution >= 4 is 17.5 Å². The van der Waals surface area contributed by atoms with Crippen LogP contribution >= 0.6 is 0 Å². The van der Waals surface area contributed by atoms with E-state index in [1.165, 1.54) is 19.3 Å². The minimum absolute atomic E-state index is 0.0405. The molecule has 0 atom stereocenters. The Hall–Kier alpha value is -2.86. The molecule has 2 heterocycles. The molecule has 4 rings (SSSR count). The highest BCUT2D eigenvalue weighted by molar-refractivity contribution is 5.95. The van der Waals surface area contributed by atoms with Crippen LogP contribution in [-0.2, 0) is 17.9 Å². The first-order chi connectivity index (χ1) is 17.6. The SMILES string of the molecule is COc1ccc(C(=O)N2CCCCCCCN(C(C)=O)c3ccccc3C2)cc1CN1CCCCC1. The van der Waals surface area contributed by atoms with Crippen molar-refractivity contribution in [1.29, 1.82) is 0 Å². The molecular formula is C30H41N3O3. The van der Waals surface area contributed by atoms with Crippen LogP contribution in [0.4, 0.5) is 5.69 Å². The van der Waals surface area contributed by atoms with Gasteiger partial charge in [-0.2, -0.15) is 0 Å². The molecule has 0 radical (unpaired) electrons. The average Bonchev–Trinajstić information content (AvgIpc) is 2.89. The van der Waals surface area contributed by atoms with E-state index in [0.717, 1.165) is 80.8 Å². The molecule has 0 bridgehead atoms. The van der Waals surface area contributed by atoms with Gasteiger partial charge in [0, 0.05) is 49.9 Å². The summed E-state index contributed by atoms with van der Waals surface area (Å²) in [6.45, 7) is 6.55. The van der Waals surface area contributed by atoms with Gasteiger partial charge in [0.2, 0.25) is 5.91 Å². The molecule has 1 saturated heterocycles. The van der Waals surface area contributed by atoms with Gasteiger partial charge in [-0.3, -0.25) is 14.5 Å². The summed E-state index contributed by atoms with van der Waals surface area (Å²) in [7, 11) is 1.70. The molecule has 0 saturated carbocycles. The van der Waals surface area contributed by atoms with Gasteiger partial charge in [-0.15, -0.1) is 0 Å². The van der Waals surface area contributed by atoms with Crippen molar-refractivity contribution in [1.82, 2.24) is 9.80 Å². The number of rotatable bonds is 4. The van der Waals surface area contributed by atoms with Crippen LogP contribution < -0.4 is 9.64 Å². The number of carbonyl (C=O) groups excluding carboxylic acids is 2. The molecule has 2 aromatic carbocycles. The Morgan fingerprint density at radius 3 is 2.25 bits per heavy atom. The van der Waals surface area contributed by atoms with E-state index in [4.69, 9.17) is 4.74 Å². The molecule has 0 aliphatic carbocycles. The fraction of sp³-hybridized carbons (Fsp3) is 0.533. The highest BCUT2D eigenvalue weighted by Crippen LogP contribution is 2.27. The Morgan fingerprint density at radius 1 is 0.833 bits per heavy atom. The van der Waals surface area contributed by atoms with E-state index < -0.39 is 0 Å². The molecule has 0 unspecified atom stereocenters. The first-order valence-electron chi connectivity index (χ1n) is 13.6. The van der Waals surface area contributed by atoms with Crippen molar-refractivity contribution in [3.05, 3.63) is 59.2 Å². The Bertz CT molecular complexity index is 1030. The highest BCUT2D eigenvalue weighted by Gasteiger charge is 2.22. The van der Waals surface area contributed by atoms with Gasteiger partial charge in [0.25, 0.3) is 5.91 Å². The van der Waals surface area contributed by atoms with E-state index in [2.05, 4.69) is 4.90 Å². The Labute approximate surface area is 216 Å². The Kier molecular flexibility index (Phi) is 9.40. The van der Waals surface area contributed by atoms with E-state index in [-0.39, 0.29) is 11.8 Å². The molecule has 6 nitrogen and oxygen atoms in total. The summed E-state index contributed by atoms with van der Waals surface area (Å²) in [5.74, 6) is 0.932. The predicted octanol–water partition coefficient (Wildman–Crippen LogP) is 5.64. The van der Waals surface area contributed by atoms with E-state index >= 15 is 0 Å². The minimum atomic E-state index is 0.0405. The second-order valence-electron chi connectivity index (χ2n) is 10.2. The van der Waals surface area contributed by atoms with Crippen molar-refractivity contribution in [3.63, 3.8) is 0 Å². The number of nitrogens with zero attached hydrogens (tertiary/aromatic N) is 3. The lowest BCUT2D eigenvalue weighted by molar-refractivity contribution is -0.116.